The fourth-order valence-corrected chi connectivity index (χ4v) is 0.478. The monoisotopic (exact) mass is 160 g/mol. The van der Waals surface area contributed by atoms with Gasteiger partial charge >= 0.3 is 5.97 Å². The zero-order valence-corrected chi connectivity index (χ0v) is 6.93. The molecule has 0 amide bonds. The van der Waals surface area contributed by atoms with Crippen LogP contribution in [0.15, 0.2) is 12.7 Å². The lowest BCUT2D eigenvalue weighted by Gasteiger charge is -2.05. The molecule has 0 fully saturated rings. The first kappa shape index (κ1) is 9.56. The molecule has 3 heteroatoms. The number of hydrogen-bond donors (Lipinski definition) is 1. The van der Waals surface area contributed by atoms with Crippen LogP contribution in [0.4, 0.5) is 0 Å². The Morgan fingerprint density at radius 3 is 2.90 bits per heavy atom. The average molecular weight is 160 g/mol. The van der Waals surface area contributed by atoms with Gasteiger partial charge in [0.2, 0.25) is 0 Å². The van der Waals surface area contributed by atoms with Crippen molar-refractivity contribution in [1.82, 2.24) is 0 Å². The van der Waals surface area contributed by atoms with Crippen LogP contribution in [-0.4, -0.2) is 17.8 Å². The second-order valence-electron chi connectivity index (χ2n) is 1.84. The Morgan fingerprint density at radius 1 is 1.90 bits per heavy atom. The van der Waals surface area contributed by atoms with Crippen LogP contribution in [-0.2, 0) is 9.53 Å². The summed E-state index contributed by atoms with van der Waals surface area (Å²) in [7, 11) is 0. The van der Waals surface area contributed by atoms with E-state index >= 15 is 0 Å². The summed E-state index contributed by atoms with van der Waals surface area (Å²) in [5.41, 5.74) is 0. The molecule has 0 bridgehead atoms. The summed E-state index contributed by atoms with van der Waals surface area (Å²) in [5.74, 6) is -0.272. The first-order valence-corrected chi connectivity index (χ1v) is 3.69. The number of rotatable bonds is 4. The van der Waals surface area contributed by atoms with Crippen molar-refractivity contribution in [3.05, 3.63) is 12.7 Å². The molecule has 1 unspecified atom stereocenters. The highest BCUT2D eigenvalue weighted by Gasteiger charge is 2.11. The van der Waals surface area contributed by atoms with E-state index in [-0.39, 0.29) is 17.8 Å². The van der Waals surface area contributed by atoms with Gasteiger partial charge < -0.3 is 4.74 Å². The van der Waals surface area contributed by atoms with E-state index in [4.69, 9.17) is 4.74 Å². The van der Waals surface area contributed by atoms with Crippen molar-refractivity contribution in [2.24, 2.45) is 0 Å². The standard InChI is InChI=1S/C7H12O2S/c1-3-5-9-7(8)6(10)4-2/h3,6,10H,1,4-5H2,2H3. The minimum atomic E-state index is -0.292. The maximum Gasteiger partial charge on any atom is 0.319 e. The van der Waals surface area contributed by atoms with Crippen molar-refractivity contribution in [2.45, 2.75) is 18.6 Å². The molecule has 0 rings (SSSR count). The third kappa shape index (κ3) is 3.56. The third-order valence-electron chi connectivity index (χ3n) is 1.00. The quantitative estimate of drug-likeness (QED) is 0.382. The molecule has 0 radical (unpaired) electrons. The highest BCUT2D eigenvalue weighted by molar-refractivity contribution is 7.81. The van der Waals surface area contributed by atoms with Crippen LogP contribution in [0.25, 0.3) is 0 Å². The highest BCUT2D eigenvalue weighted by atomic mass is 32.1. The molecule has 0 N–H and O–H groups in total. The maximum atomic E-state index is 10.8. The van der Waals surface area contributed by atoms with Gasteiger partial charge in [0, 0.05) is 0 Å². The summed E-state index contributed by atoms with van der Waals surface area (Å²) < 4.78 is 4.71. The van der Waals surface area contributed by atoms with Crippen LogP contribution in [0, 0.1) is 0 Å². The fourth-order valence-electron chi connectivity index (χ4n) is 0.404. The molecule has 0 saturated carbocycles. The van der Waals surface area contributed by atoms with E-state index in [0.29, 0.717) is 6.42 Å². The van der Waals surface area contributed by atoms with Crippen molar-refractivity contribution in [3.8, 4) is 0 Å². The Labute approximate surface area is 66.7 Å². The first-order valence-electron chi connectivity index (χ1n) is 3.18. The Balaban J connectivity index is 3.51. The van der Waals surface area contributed by atoms with E-state index in [2.05, 4.69) is 19.2 Å². The lowest BCUT2D eigenvalue weighted by Crippen LogP contribution is -2.16. The normalized spacial score (nSPS) is 12.2. The molecular formula is C7H12O2S. The van der Waals surface area contributed by atoms with E-state index < -0.39 is 0 Å². The molecule has 58 valence electrons. The summed E-state index contributed by atoms with van der Waals surface area (Å²) in [6, 6.07) is 0. The molecule has 0 aliphatic heterocycles. The minimum absolute atomic E-state index is 0.272. The van der Waals surface area contributed by atoms with Crippen molar-refractivity contribution in [3.63, 3.8) is 0 Å². The molecule has 10 heavy (non-hydrogen) atoms. The first-order chi connectivity index (χ1) is 4.72. The van der Waals surface area contributed by atoms with E-state index in [1.54, 1.807) is 0 Å². The Hall–Kier alpha value is -0.440. The van der Waals surface area contributed by atoms with Crippen molar-refractivity contribution < 1.29 is 9.53 Å². The SMILES string of the molecule is C=CCOC(=O)C(S)CC. The summed E-state index contributed by atoms with van der Waals surface area (Å²) in [6.07, 6.45) is 2.23. The lowest BCUT2D eigenvalue weighted by atomic mass is 10.3. The largest absolute Gasteiger partial charge is 0.461 e. The van der Waals surface area contributed by atoms with Crippen LogP contribution in [0.3, 0.4) is 0 Å². The van der Waals surface area contributed by atoms with Gasteiger partial charge in [0.1, 0.15) is 6.61 Å². The predicted octanol–water partition coefficient (Wildman–Crippen LogP) is 1.42. The van der Waals surface area contributed by atoms with Crippen LogP contribution in [0.1, 0.15) is 13.3 Å². The van der Waals surface area contributed by atoms with Crippen LogP contribution in [0.5, 0.6) is 0 Å². The number of carbonyl (C=O) groups is 1. The molecule has 0 spiro atoms. The molecule has 2 nitrogen and oxygen atoms in total. The van der Waals surface area contributed by atoms with Crippen molar-refractivity contribution in [2.75, 3.05) is 6.61 Å². The number of thiol groups is 1. The fraction of sp³-hybridized carbons (Fsp3) is 0.571. The van der Waals surface area contributed by atoms with E-state index in [1.165, 1.54) is 6.08 Å². The molecule has 1 atom stereocenters. The molecule has 0 aromatic rings. The average Bonchev–Trinajstić information content (AvgIpc) is 1.98. The second-order valence-corrected chi connectivity index (χ2v) is 2.47. The topological polar surface area (TPSA) is 26.3 Å². The summed E-state index contributed by atoms with van der Waals surface area (Å²) in [5, 5.41) is -0.292. The smallest absolute Gasteiger partial charge is 0.319 e. The lowest BCUT2D eigenvalue weighted by molar-refractivity contribution is -0.141. The molecule has 0 aliphatic carbocycles. The zero-order chi connectivity index (χ0) is 7.98. The predicted molar refractivity (Wildman–Crippen MR) is 44.2 cm³/mol. The van der Waals surface area contributed by atoms with Gasteiger partial charge in [0.15, 0.2) is 0 Å². The highest BCUT2D eigenvalue weighted by Crippen LogP contribution is 2.02. The van der Waals surface area contributed by atoms with Crippen molar-refractivity contribution >= 4 is 18.6 Å². The van der Waals surface area contributed by atoms with Gasteiger partial charge in [-0.1, -0.05) is 19.6 Å². The summed E-state index contributed by atoms with van der Waals surface area (Å²) >= 11 is 3.99. The van der Waals surface area contributed by atoms with Gasteiger partial charge in [-0.2, -0.15) is 12.6 Å². The number of esters is 1. The van der Waals surface area contributed by atoms with Gasteiger partial charge in [-0.25, -0.2) is 0 Å². The third-order valence-corrected chi connectivity index (χ3v) is 1.58. The molecular weight excluding hydrogens is 148 g/mol. The van der Waals surface area contributed by atoms with Gasteiger partial charge in [0.25, 0.3) is 0 Å². The number of carbonyl (C=O) groups excluding carboxylic acids is 1. The van der Waals surface area contributed by atoms with Gasteiger partial charge in [-0.3, -0.25) is 4.79 Å². The van der Waals surface area contributed by atoms with E-state index in [0.717, 1.165) is 0 Å². The molecule has 0 aromatic heterocycles. The van der Waals surface area contributed by atoms with Gasteiger partial charge in [0.05, 0.1) is 5.25 Å². The minimum Gasteiger partial charge on any atom is -0.461 e. The molecule has 0 aromatic carbocycles. The Morgan fingerprint density at radius 2 is 2.50 bits per heavy atom. The van der Waals surface area contributed by atoms with E-state index in [9.17, 15) is 4.79 Å². The summed E-state index contributed by atoms with van der Waals surface area (Å²) in [6.45, 7) is 5.57. The Kier molecular flexibility index (Phi) is 5.12. The Bertz CT molecular complexity index is 123. The number of ether oxygens (including phenoxy) is 1. The van der Waals surface area contributed by atoms with Crippen LogP contribution in [0.2, 0.25) is 0 Å². The molecule has 0 aliphatic rings. The van der Waals surface area contributed by atoms with Gasteiger partial charge in [-0.05, 0) is 6.42 Å². The second kappa shape index (κ2) is 5.35. The van der Waals surface area contributed by atoms with E-state index in [1.807, 2.05) is 6.92 Å². The molecule has 0 heterocycles. The van der Waals surface area contributed by atoms with Crippen molar-refractivity contribution in [1.29, 1.82) is 0 Å². The van der Waals surface area contributed by atoms with Crippen LogP contribution < -0.4 is 0 Å². The van der Waals surface area contributed by atoms with Crippen LogP contribution >= 0.6 is 12.6 Å². The van der Waals surface area contributed by atoms with Gasteiger partial charge in [-0.15, -0.1) is 0 Å². The molecule has 0 saturated heterocycles. The summed E-state index contributed by atoms with van der Waals surface area (Å²) in [4.78, 5) is 10.8. The maximum absolute atomic E-state index is 10.8. The number of hydrogen-bond acceptors (Lipinski definition) is 3. The zero-order valence-electron chi connectivity index (χ0n) is 6.04.